The highest BCUT2D eigenvalue weighted by molar-refractivity contribution is 6.31. The van der Waals surface area contributed by atoms with Crippen molar-refractivity contribution in [2.45, 2.75) is 25.8 Å². The van der Waals surface area contributed by atoms with E-state index in [9.17, 15) is 4.79 Å². The maximum absolute atomic E-state index is 12.3. The molecule has 1 heterocycles. The predicted molar refractivity (Wildman–Crippen MR) is 103 cm³/mol. The molecule has 5 heteroatoms. The smallest absolute Gasteiger partial charge is 0.319 e. The Hall–Kier alpha value is -2.04. The van der Waals surface area contributed by atoms with Crippen molar-refractivity contribution in [1.82, 2.24) is 10.2 Å². The SMILES string of the molecule is Cc1ccc(NC(=O)NC[C@@H](c2ccccc2Cl)N2CCCC2)cc1. The van der Waals surface area contributed by atoms with Crippen molar-refractivity contribution >= 4 is 23.3 Å². The first kappa shape index (κ1) is 17.8. The number of hydrogen-bond donors (Lipinski definition) is 2. The first-order valence-electron chi connectivity index (χ1n) is 8.73. The maximum Gasteiger partial charge on any atom is 0.319 e. The molecule has 2 N–H and O–H groups in total. The predicted octanol–water partition coefficient (Wildman–Crippen LogP) is 4.61. The summed E-state index contributed by atoms with van der Waals surface area (Å²) in [6, 6.07) is 15.6. The first-order valence-corrected chi connectivity index (χ1v) is 9.11. The van der Waals surface area contributed by atoms with Gasteiger partial charge in [-0.05, 0) is 56.6 Å². The molecule has 0 saturated carbocycles. The van der Waals surface area contributed by atoms with Crippen LogP contribution in [0.25, 0.3) is 0 Å². The highest BCUT2D eigenvalue weighted by Gasteiger charge is 2.25. The molecule has 1 saturated heterocycles. The van der Waals surface area contributed by atoms with E-state index < -0.39 is 0 Å². The maximum atomic E-state index is 12.3. The van der Waals surface area contributed by atoms with Crippen LogP contribution in [-0.4, -0.2) is 30.6 Å². The molecule has 2 aromatic carbocycles. The molecule has 0 unspecified atom stereocenters. The van der Waals surface area contributed by atoms with E-state index in [0.717, 1.165) is 29.4 Å². The molecular formula is C20H24ClN3O. The zero-order valence-electron chi connectivity index (χ0n) is 14.5. The number of carbonyl (C=O) groups excluding carboxylic acids is 1. The highest BCUT2D eigenvalue weighted by Crippen LogP contribution is 2.29. The van der Waals surface area contributed by atoms with Crippen molar-refractivity contribution < 1.29 is 4.79 Å². The van der Waals surface area contributed by atoms with Gasteiger partial charge in [0, 0.05) is 17.3 Å². The van der Waals surface area contributed by atoms with E-state index in [1.165, 1.54) is 18.4 Å². The quantitative estimate of drug-likeness (QED) is 0.820. The summed E-state index contributed by atoms with van der Waals surface area (Å²) < 4.78 is 0. The van der Waals surface area contributed by atoms with E-state index >= 15 is 0 Å². The molecule has 25 heavy (non-hydrogen) atoms. The van der Waals surface area contributed by atoms with E-state index in [2.05, 4.69) is 15.5 Å². The molecule has 0 bridgehead atoms. The van der Waals surface area contributed by atoms with Gasteiger partial charge in [0.2, 0.25) is 0 Å². The Morgan fingerprint density at radius 1 is 1.12 bits per heavy atom. The van der Waals surface area contributed by atoms with Crippen molar-refractivity contribution in [3.8, 4) is 0 Å². The summed E-state index contributed by atoms with van der Waals surface area (Å²) in [4.78, 5) is 14.7. The van der Waals surface area contributed by atoms with Gasteiger partial charge in [-0.15, -0.1) is 0 Å². The van der Waals surface area contributed by atoms with Crippen molar-refractivity contribution in [3.63, 3.8) is 0 Å². The van der Waals surface area contributed by atoms with Crippen LogP contribution < -0.4 is 10.6 Å². The third-order valence-corrected chi connectivity index (χ3v) is 4.96. The number of carbonyl (C=O) groups is 1. The van der Waals surface area contributed by atoms with Crippen LogP contribution in [0.2, 0.25) is 5.02 Å². The summed E-state index contributed by atoms with van der Waals surface area (Å²) >= 11 is 6.40. The minimum absolute atomic E-state index is 0.0972. The number of nitrogens with zero attached hydrogens (tertiary/aromatic N) is 1. The minimum atomic E-state index is -0.194. The molecule has 0 spiro atoms. The molecule has 1 atom stereocenters. The number of halogens is 1. The number of hydrogen-bond acceptors (Lipinski definition) is 2. The molecule has 4 nitrogen and oxygen atoms in total. The Kier molecular flexibility index (Phi) is 5.95. The average molecular weight is 358 g/mol. The third kappa shape index (κ3) is 4.74. The van der Waals surface area contributed by atoms with Crippen molar-refractivity contribution in [3.05, 3.63) is 64.7 Å². The Labute approximate surface area is 154 Å². The largest absolute Gasteiger partial charge is 0.336 e. The number of benzene rings is 2. The second-order valence-corrected chi connectivity index (χ2v) is 6.89. The molecule has 1 aliphatic heterocycles. The minimum Gasteiger partial charge on any atom is -0.336 e. The fraction of sp³-hybridized carbons (Fsp3) is 0.350. The highest BCUT2D eigenvalue weighted by atomic mass is 35.5. The van der Waals surface area contributed by atoms with E-state index in [1.807, 2.05) is 55.5 Å². The summed E-state index contributed by atoms with van der Waals surface area (Å²) in [7, 11) is 0. The molecular weight excluding hydrogens is 334 g/mol. The van der Waals surface area contributed by atoms with Gasteiger partial charge in [-0.2, -0.15) is 0 Å². The second-order valence-electron chi connectivity index (χ2n) is 6.48. The van der Waals surface area contributed by atoms with E-state index in [1.54, 1.807) is 0 Å². The van der Waals surface area contributed by atoms with Crippen LogP contribution in [0.1, 0.15) is 30.0 Å². The Morgan fingerprint density at radius 3 is 2.48 bits per heavy atom. The molecule has 3 rings (SSSR count). The molecule has 0 aliphatic carbocycles. The monoisotopic (exact) mass is 357 g/mol. The van der Waals surface area contributed by atoms with Gasteiger partial charge in [0.05, 0.1) is 6.04 Å². The Bertz CT molecular complexity index is 711. The zero-order chi connectivity index (χ0) is 17.6. The lowest BCUT2D eigenvalue weighted by Gasteiger charge is -2.29. The van der Waals surface area contributed by atoms with Gasteiger partial charge in [-0.1, -0.05) is 47.5 Å². The van der Waals surface area contributed by atoms with Crippen LogP contribution in [-0.2, 0) is 0 Å². The lowest BCUT2D eigenvalue weighted by molar-refractivity contribution is 0.227. The number of nitrogens with one attached hydrogen (secondary N) is 2. The number of likely N-dealkylation sites (tertiary alicyclic amines) is 1. The van der Waals surface area contributed by atoms with Crippen LogP contribution in [0.4, 0.5) is 10.5 Å². The third-order valence-electron chi connectivity index (χ3n) is 4.61. The molecule has 2 amide bonds. The normalized spacial score (nSPS) is 15.8. The fourth-order valence-corrected chi connectivity index (χ4v) is 3.50. The molecule has 132 valence electrons. The van der Waals surface area contributed by atoms with E-state index in [4.69, 9.17) is 11.6 Å². The molecule has 0 aromatic heterocycles. The van der Waals surface area contributed by atoms with Gasteiger partial charge >= 0.3 is 6.03 Å². The molecule has 0 radical (unpaired) electrons. The van der Waals surface area contributed by atoms with Gasteiger partial charge in [-0.25, -0.2) is 4.79 Å². The van der Waals surface area contributed by atoms with Crippen molar-refractivity contribution in [1.29, 1.82) is 0 Å². The topological polar surface area (TPSA) is 44.4 Å². The summed E-state index contributed by atoms with van der Waals surface area (Å²) in [6.45, 7) is 4.63. The van der Waals surface area contributed by atoms with Crippen LogP contribution in [0, 0.1) is 6.92 Å². The molecule has 1 fully saturated rings. The number of rotatable bonds is 5. The number of anilines is 1. The second kappa shape index (κ2) is 8.37. The van der Waals surface area contributed by atoms with Crippen LogP contribution in [0.15, 0.2) is 48.5 Å². The van der Waals surface area contributed by atoms with Gasteiger partial charge in [0.25, 0.3) is 0 Å². The van der Waals surface area contributed by atoms with Crippen LogP contribution >= 0.6 is 11.6 Å². The standard InChI is InChI=1S/C20H24ClN3O/c1-15-8-10-16(11-9-15)23-20(25)22-14-19(24-12-4-5-13-24)17-6-2-3-7-18(17)21/h2-3,6-11,19H,4-5,12-14H2,1H3,(H2,22,23,25)/t19-/m0/s1. The molecule has 2 aromatic rings. The zero-order valence-corrected chi connectivity index (χ0v) is 15.2. The first-order chi connectivity index (χ1) is 12.1. The Morgan fingerprint density at radius 2 is 1.80 bits per heavy atom. The summed E-state index contributed by atoms with van der Waals surface area (Å²) in [5.41, 5.74) is 3.03. The van der Waals surface area contributed by atoms with Crippen LogP contribution in [0.5, 0.6) is 0 Å². The van der Waals surface area contributed by atoms with E-state index in [-0.39, 0.29) is 12.1 Å². The van der Waals surface area contributed by atoms with Gasteiger partial charge in [0.15, 0.2) is 0 Å². The number of aryl methyl sites for hydroxylation is 1. The van der Waals surface area contributed by atoms with Gasteiger partial charge in [-0.3, -0.25) is 4.90 Å². The Balaban J connectivity index is 1.65. The van der Waals surface area contributed by atoms with Crippen molar-refractivity contribution in [2.75, 3.05) is 25.0 Å². The van der Waals surface area contributed by atoms with Gasteiger partial charge < -0.3 is 10.6 Å². The van der Waals surface area contributed by atoms with Crippen molar-refractivity contribution in [2.24, 2.45) is 0 Å². The average Bonchev–Trinajstić information content (AvgIpc) is 3.13. The van der Waals surface area contributed by atoms with E-state index in [0.29, 0.717) is 6.54 Å². The fourth-order valence-electron chi connectivity index (χ4n) is 3.24. The van der Waals surface area contributed by atoms with Crippen LogP contribution in [0.3, 0.4) is 0 Å². The summed E-state index contributed by atoms with van der Waals surface area (Å²) in [6.07, 6.45) is 2.38. The number of amides is 2. The lowest BCUT2D eigenvalue weighted by Crippen LogP contribution is -2.38. The number of urea groups is 1. The molecule has 1 aliphatic rings. The summed E-state index contributed by atoms with van der Waals surface area (Å²) in [5.74, 6) is 0. The summed E-state index contributed by atoms with van der Waals surface area (Å²) in [5, 5.41) is 6.63. The van der Waals surface area contributed by atoms with Gasteiger partial charge in [0.1, 0.15) is 0 Å². The lowest BCUT2D eigenvalue weighted by atomic mass is 10.1.